The fourth-order valence-corrected chi connectivity index (χ4v) is 4.65. The van der Waals surface area contributed by atoms with Gasteiger partial charge in [-0.2, -0.15) is 4.57 Å². The van der Waals surface area contributed by atoms with E-state index in [1.807, 2.05) is 37.3 Å². The maximum atomic E-state index is 13.9. The van der Waals surface area contributed by atoms with E-state index in [-0.39, 0.29) is 5.75 Å². The van der Waals surface area contributed by atoms with Crippen molar-refractivity contribution in [3.05, 3.63) is 96.6 Å². The van der Waals surface area contributed by atoms with Gasteiger partial charge in [-0.05, 0) is 42.3 Å². The van der Waals surface area contributed by atoms with Crippen LogP contribution in [0.25, 0.3) is 10.8 Å². The van der Waals surface area contributed by atoms with Gasteiger partial charge in [0.2, 0.25) is 0 Å². The lowest BCUT2D eigenvalue weighted by Crippen LogP contribution is -2.09. The van der Waals surface area contributed by atoms with Crippen molar-refractivity contribution < 1.29 is 23.2 Å². The summed E-state index contributed by atoms with van der Waals surface area (Å²) in [6.07, 6.45) is 1.45. The Morgan fingerprint density at radius 1 is 0.742 bits per heavy atom. The Balaban J connectivity index is 1.81. The van der Waals surface area contributed by atoms with Crippen LogP contribution in [0.1, 0.15) is 18.9 Å². The first-order valence-corrected chi connectivity index (χ1v) is 11.6. The maximum Gasteiger partial charge on any atom is 0.647 e. The molecule has 0 saturated heterocycles. The number of rotatable bonds is 8. The average Bonchev–Trinajstić information content (AvgIpc) is 2.78. The third-order valence-corrected chi connectivity index (χ3v) is 5.97. The van der Waals surface area contributed by atoms with Crippen LogP contribution < -0.4 is 13.6 Å². The summed E-state index contributed by atoms with van der Waals surface area (Å²) < 4.78 is 31.5. The molecule has 4 aromatic carbocycles. The molecule has 4 rings (SSSR count). The minimum absolute atomic E-state index is 0.147. The molecule has 0 aliphatic carbocycles. The molecule has 0 heterocycles. The van der Waals surface area contributed by atoms with Crippen LogP contribution in [-0.2, 0) is 11.0 Å². The number of hydrogen-bond acceptors (Lipinski definition) is 5. The van der Waals surface area contributed by atoms with E-state index >= 15 is 0 Å². The number of fused-ring (bicyclic) bond motifs is 1. The van der Waals surface area contributed by atoms with Crippen LogP contribution in [0.15, 0.2) is 91.0 Å². The highest BCUT2D eigenvalue weighted by molar-refractivity contribution is 7.49. The summed E-state index contributed by atoms with van der Waals surface area (Å²) in [5.41, 5.74) is 0.729. The van der Waals surface area contributed by atoms with Gasteiger partial charge >= 0.3 is 7.82 Å². The number of phenols is 1. The van der Waals surface area contributed by atoms with Crippen LogP contribution in [-0.4, -0.2) is 5.11 Å². The summed E-state index contributed by atoms with van der Waals surface area (Å²) in [4.78, 5) is 0. The highest BCUT2D eigenvalue weighted by Gasteiger charge is 2.35. The number of benzene rings is 4. The second-order valence-electron chi connectivity index (χ2n) is 7.03. The lowest BCUT2D eigenvalue weighted by Gasteiger charge is -2.22. The molecule has 6 heteroatoms. The Hall–Kier alpha value is -3.43. The first kappa shape index (κ1) is 20.8. The molecule has 0 saturated carbocycles. The standard InChI is InChI=1S/C25H23O5P/c1-2-11-19-18-24(26)22-16-9-10-17-23(22)25(19)30-31(27,28-20-12-5-3-6-13-20)29-21-14-7-4-8-15-21/h3-10,12-18,26H,2,11H2,1H3. The van der Waals surface area contributed by atoms with Crippen LogP contribution in [0.5, 0.6) is 23.0 Å². The van der Waals surface area contributed by atoms with Crippen molar-refractivity contribution in [1.29, 1.82) is 0 Å². The fraction of sp³-hybridized carbons (Fsp3) is 0.120. The minimum atomic E-state index is -4.14. The number of hydrogen-bond donors (Lipinski definition) is 1. The van der Waals surface area contributed by atoms with Gasteiger partial charge in [0.1, 0.15) is 23.0 Å². The van der Waals surface area contributed by atoms with Crippen LogP contribution >= 0.6 is 7.82 Å². The topological polar surface area (TPSA) is 65.0 Å². The highest BCUT2D eigenvalue weighted by Crippen LogP contribution is 2.52. The first-order valence-electron chi connectivity index (χ1n) is 10.1. The zero-order valence-corrected chi connectivity index (χ0v) is 18.0. The van der Waals surface area contributed by atoms with Crippen LogP contribution in [0.2, 0.25) is 0 Å². The zero-order chi connectivity index (χ0) is 21.7. The van der Waals surface area contributed by atoms with Gasteiger partial charge in [-0.3, -0.25) is 0 Å². The van der Waals surface area contributed by atoms with E-state index in [0.29, 0.717) is 34.4 Å². The van der Waals surface area contributed by atoms with E-state index in [1.165, 1.54) is 0 Å². The number of aromatic hydroxyl groups is 1. The molecule has 0 bridgehead atoms. The third kappa shape index (κ3) is 4.84. The van der Waals surface area contributed by atoms with E-state index in [1.54, 1.807) is 60.7 Å². The maximum absolute atomic E-state index is 13.9. The van der Waals surface area contributed by atoms with Gasteiger partial charge in [0, 0.05) is 10.8 Å². The smallest absolute Gasteiger partial charge is 0.507 e. The number of phenolic OH excluding ortho intramolecular Hbond substituents is 1. The lowest BCUT2D eigenvalue weighted by molar-refractivity contribution is 0.298. The quantitative estimate of drug-likeness (QED) is 0.299. The van der Waals surface area contributed by atoms with E-state index in [4.69, 9.17) is 13.6 Å². The average molecular weight is 434 g/mol. The Kier molecular flexibility index (Phi) is 6.15. The van der Waals surface area contributed by atoms with Gasteiger partial charge in [0.05, 0.1) is 0 Å². The predicted octanol–water partition coefficient (Wildman–Crippen LogP) is 7.14. The van der Waals surface area contributed by atoms with Crippen molar-refractivity contribution >= 4 is 18.6 Å². The van der Waals surface area contributed by atoms with Crippen LogP contribution in [0.3, 0.4) is 0 Å². The van der Waals surface area contributed by atoms with Crippen molar-refractivity contribution in [2.45, 2.75) is 19.8 Å². The zero-order valence-electron chi connectivity index (χ0n) is 17.1. The van der Waals surface area contributed by atoms with E-state index in [2.05, 4.69) is 0 Å². The molecule has 0 aliphatic heterocycles. The SMILES string of the molecule is CCCc1cc(O)c2ccccc2c1OP(=O)(Oc1ccccc1)Oc1ccccc1. The van der Waals surface area contributed by atoms with Gasteiger partial charge < -0.3 is 18.7 Å². The molecule has 4 aromatic rings. The Bertz CT molecular complexity index is 1160. The summed E-state index contributed by atoms with van der Waals surface area (Å²) in [7, 11) is -4.14. The van der Waals surface area contributed by atoms with Gasteiger partial charge in [-0.25, -0.2) is 0 Å². The largest absolute Gasteiger partial charge is 0.647 e. The van der Waals surface area contributed by atoms with Crippen molar-refractivity contribution in [3.8, 4) is 23.0 Å². The normalized spacial score (nSPS) is 11.3. The molecule has 31 heavy (non-hydrogen) atoms. The van der Waals surface area contributed by atoms with Crippen molar-refractivity contribution in [3.63, 3.8) is 0 Å². The summed E-state index contributed by atoms with van der Waals surface area (Å²) in [6, 6.07) is 26.5. The molecular formula is C25H23O5P. The Morgan fingerprint density at radius 3 is 1.81 bits per heavy atom. The molecule has 0 aliphatic rings. The second kappa shape index (κ2) is 9.15. The number of phosphoric ester groups is 1. The third-order valence-electron chi connectivity index (χ3n) is 4.69. The number of aryl methyl sites for hydroxylation is 1. The lowest BCUT2D eigenvalue weighted by atomic mass is 10.0. The van der Waals surface area contributed by atoms with Crippen molar-refractivity contribution in [2.24, 2.45) is 0 Å². The summed E-state index contributed by atoms with van der Waals surface area (Å²) in [5.74, 6) is 1.25. The molecule has 0 aromatic heterocycles. The van der Waals surface area contributed by atoms with Gasteiger partial charge in [0.15, 0.2) is 0 Å². The fourth-order valence-electron chi connectivity index (χ4n) is 3.34. The summed E-state index contributed by atoms with van der Waals surface area (Å²) >= 11 is 0. The monoisotopic (exact) mass is 434 g/mol. The molecule has 0 radical (unpaired) electrons. The molecule has 0 spiro atoms. The second-order valence-corrected chi connectivity index (χ2v) is 8.47. The Morgan fingerprint density at radius 2 is 1.26 bits per heavy atom. The molecule has 158 valence electrons. The van der Waals surface area contributed by atoms with Crippen molar-refractivity contribution in [2.75, 3.05) is 0 Å². The van der Waals surface area contributed by atoms with Gasteiger partial charge in [-0.15, -0.1) is 0 Å². The first-order chi connectivity index (χ1) is 15.1. The van der Waals surface area contributed by atoms with Crippen molar-refractivity contribution in [1.82, 2.24) is 0 Å². The molecule has 0 unspecified atom stereocenters. The van der Waals surface area contributed by atoms with E-state index < -0.39 is 7.82 Å². The molecule has 0 atom stereocenters. The molecule has 0 fully saturated rings. The number of phosphoric acid groups is 1. The minimum Gasteiger partial charge on any atom is -0.507 e. The highest BCUT2D eigenvalue weighted by atomic mass is 31.2. The van der Waals surface area contributed by atoms with Crippen LogP contribution in [0, 0.1) is 0 Å². The Labute approximate surface area is 181 Å². The predicted molar refractivity (Wildman–Crippen MR) is 122 cm³/mol. The summed E-state index contributed by atoms with van der Waals surface area (Å²) in [6.45, 7) is 2.02. The van der Waals surface area contributed by atoms with Crippen LogP contribution in [0.4, 0.5) is 0 Å². The molecule has 1 N–H and O–H groups in total. The molecular weight excluding hydrogens is 411 g/mol. The van der Waals surface area contributed by atoms with Gasteiger partial charge in [-0.1, -0.05) is 74.0 Å². The van der Waals surface area contributed by atoms with Gasteiger partial charge in [0.25, 0.3) is 0 Å². The molecule has 0 amide bonds. The summed E-state index contributed by atoms with van der Waals surface area (Å²) in [5, 5.41) is 11.7. The van der Waals surface area contributed by atoms with E-state index in [9.17, 15) is 9.67 Å². The molecule has 5 nitrogen and oxygen atoms in total. The number of para-hydroxylation sites is 2. The van der Waals surface area contributed by atoms with E-state index in [0.717, 1.165) is 12.0 Å².